The molecule has 0 atom stereocenters. The van der Waals surface area contributed by atoms with E-state index in [0.29, 0.717) is 6.54 Å². The normalized spacial score (nSPS) is 17.3. The van der Waals surface area contributed by atoms with Crippen LogP contribution < -0.4 is 15.4 Å². The molecular weight excluding hydrogens is 236 g/mol. The molecule has 0 fully saturated rings. The monoisotopic (exact) mass is 262 g/mol. The van der Waals surface area contributed by atoms with Crippen LogP contribution >= 0.6 is 0 Å². The smallest absolute Gasteiger partial charge is 0.143 e. The highest BCUT2D eigenvalue weighted by Gasteiger charge is 2.31. The van der Waals surface area contributed by atoms with Crippen LogP contribution in [-0.4, -0.2) is 18.7 Å². The number of anilines is 1. The van der Waals surface area contributed by atoms with Crippen LogP contribution in [0.2, 0.25) is 0 Å². The molecule has 3 nitrogen and oxygen atoms in total. The van der Waals surface area contributed by atoms with Gasteiger partial charge in [-0.15, -0.1) is 0 Å². The van der Waals surface area contributed by atoms with Crippen LogP contribution in [0.15, 0.2) is 18.2 Å². The highest BCUT2D eigenvalue weighted by molar-refractivity contribution is 5.61. The van der Waals surface area contributed by atoms with Gasteiger partial charge in [0.15, 0.2) is 0 Å². The SMILES string of the molecule is CC(C)CCN1CC(C)(C)Oc2cc(CN)ccc21. The van der Waals surface area contributed by atoms with Gasteiger partial charge < -0.3 is 15.4 Å². The van der Waals surface area contributed by atoms with Crippen molar-refractivity contribution < 1.29 is 4.74 Å². The van der Waals surface area contributed by atoms with Gasteiger partial charge in [0.1, 0.15) is 11.4 Å². The summed E-state index contributed by atoms with van der Waals surface area (Å²) in [5, 5.41) is 0. The first-order valence-corrected chi connectivity index (χ1v) is 7.18. The lowest BCUT2D eigenvalue weighted by Gasteiger charge is -2.41. The molecule has 19 heavy (non-hydrogen) atoms. The lowest BCUT2D eigenvalue weighted by Crippen LogP contribution is -2.47. The molecule has 0 saturated heterocycles. The minimum Gasteiger partial charge on any atom is -0.484 e. The van der Waals surface area contributed by atoms with Crippen LogP contribution in [0.3, 0.4) is 0 Å². The first kappa shape index (κ1) is 14.2. The van der Waals surface area contributed by atoms with E-state index in [9.17, 15) is 0 Å². The van der Waals surface area contributed by atoms with E-state index in [-0.39, 0.29) is 5.60 Å². The predicted molar refractivity (Wildman–Crippen MR) is 80.7 cm³/mol. The Hall–Kier alpha value is -1.22. The van der Waals surface area contributed by atoms with Gasteiger partial charge in [0.25, 0.3) is 0 Å². The average Bonchev–Trinajstić information content (AvgIpc) is 2.33. The lowest BCUT2D eigenvalue weighted by molar-refractivity contribution is 0.104. The third kappa shape index (κ3) is 3.41. The van der Waals surface area contributed by atoms with Crippen molar-refractivity contribution in [3.63, 3.8) is 0 Å². The molecule has 0 aliphatic carbocycles. The summed E-state index contributed by atoms with van der Waals surface area (Å²) >= 11 is 0. The van der Waals surface area contributed by atoms with Crippen LogP contribution in [0.5, 0.6) is 5.75 Å². The molecule has 106 valence electrons. The van der Waals surface area contributed by atoms with Gasteiger partial charge in [0.2, 0.25) is 0 Å². The maximum absolute atomic E-state index is 6.10. The number of benzene rings is 1. The summed E-state index contributed by atoms with van der Waals surface area (Å²) in [6, 6.07) is 6.33. The molecule has 0 unspecified atom stereocenters. The quantitative estimate of drug-likeness (QED) is 0.905. The second-order valence-corrected chi connectivity index (χ2v) is 6.47. The van der Waals surface area contributed by atoms with E-state index in [2.05, 4.69) is 50.8 Å². The fourth-order valence-corrected chi connectivity index (χ4v) is 2.52. The molecular formula is C16H26N2O. The molecule has 3 heteroatoms. The molecule has 0 spiro atoms. The van der Waals surface area contributed by atoms with E-state index in [0.717, 1.165) is 30.3 Å². The Labute approximate surface area is 116 Å². The zero-order valence-electron chi connectivity index (χ0n) is 12.6. The zero-order valence-corrected chi connectivity index (χ0v) is 12.6. The molecule has 0 radical (unpaired) electrons. The van der Waals surface area contributed by atoms with Crippen LogP contribution in [0.25, 0.3) is 0 Å². The summed E-state index contributed by atoms with van der Waals surface area (Å²) in [4.78, 5) is 2.44. The van der Waals surface area contributed by atoms with Crippen LogP contribution in [0.1, 0.15) is 39.7 Å². The number of nitrogens with zero attached hydrogens (tertiary/aromatic N) is 1. The minimum absolute atomic E-state index is 0.142. The molecule has 1 aliphatic heterocycles. The van der Waals surface area contributed by atoms with Crippen LogP contribution in [0.4, 0.5) is 5.69 Å². The van der Waals surface area contributed by atoms with E-state index >= 15 is 0 Å². The molecule has 0 bridgehead atoms. The summed E-state index contributed by atoms with van der Waals surface area (Å²) in [6.07, 6.45) is 1.20. The van der Waals surface area contributed by atoms with E-state index in [4.69, 9.17) is 10.5 Å². The zero-order chi connectivity index (χ0) is 14.0. The number of rotatable bonds is 4. The Balaban J connectivity index is 2.26. The third-order valence-electron chi connectivity index (χ3n) is 3.53. The Kier molecular flexibility index (Phi) is 4.04. The Morgan fingerprint density at radius 1 is 1.37 bits per heavy atom. The Morgan fingerprint density at radius 3 is 2.74 bits per heavy atom. The van der Waals surface area contributed by atoms with Gasteiger partial charge in [-0.1, -0.05) is 19.9 Å². The standard InChI is InChI=1S/C16H26N2O/c1-12(2)7-8-18-11-16(3,4)19-15-9-13(10-17)5-6-14(15)18/h5-6,9,12H,7-8,10-11,17H2,1-4H3. The molecule has 2 N–H and O–H groups in total. The summed E-state index contributed by atoms with van der Waals surface area (Å²) < 4.78 is 6.10. The highest BCUT2D eigenvalue weighted by atomic mass is 16.5. The largest absolute Gasteiger partial charge is 0.484 e. The third-order valence-corrected chi connectivity index (χ3v) is 3.53. The second kappa shape index (κ2) is 5.41. The van der Waals surface area contributed by atoms with Crippen molar-refractivity contribution in [3.05, 3.63) is 23.8 Å². The van der Waals surface area contributed by atoms with Crippen molar-refractivity contribution in [3.8, 4) is 5.75 Å². The van der Waals surface area contributed by atoms with Gasteiger partial charge in [-0.25, -0.2) is 0 Å². The molecule has 1 aromatic rings. The summed E-state index contributed by atoms with van der Waals surface area (Å²) in [5.74, 6) is 1.70. The highest BCUT2D eigenvalue weighted by Crippen LogP contribution is 2.37. The van der Waals surface area contributed by atoms with Crippen molar-refractivity contribution >= 4 is 5.69 Å². The van der Waals surface area contributed by atoms with Gasteiger partial charge in [0, 0.05) is 13.1 Å². The van der Waals surface area contributed by atoms with Crippen LogP contribution in [-0.2, 0) is 6.54 Å². The fraction of sp³-hybridized carbons (Fsp3) is 0.625. The summed E-state index contributed by atoms with van der Waals surface area (Å²) in [7, 11) is 0. The number of hydrogen-bond acceptors (Lipinski definition) is 3. The molecule has 1 heterocycles. The van der Waals surface area contributed by atoms with Gasteiger partial charge in [-0.3, -0.25) is 0 Å². The van der Waals surface area contributed by atoms with Crippen LogP contribution in [0, 0.1) is 5.92 Å². The minimum atomic E-state index is -0.142. The summed E-state index contributed by atoms with van der Waals surface area (Å²) in [6.45, 7) is 11.4. The molecule has 0 amide bonds. The molecule has 1 aliphatic rings. The topological polar surface area (TPSA) is 38.5 Å². The van der Waals surface area contributed by atoms with Crippen molar-refractivity contribution in [2.75, 3.05) is 18.0 Å². The van der Waals surface area contributed by atoms with Crippen molar-refractivity contribution in [2.24, 2.45) is 11.7 Å². The number of fused-ring (bicyclic) bond motifs is 1. The maximum Gasteiger partial charge on any atom is 0.143 e. The molecule has 0 saturated carbocycles. The molecule has 0 aromatic heterocycles. The van der Waals surface area contributed by atoms with Gasteiger partial charge in [-0.05, 0) is 43.9 Å². The van der Waals surface area contributed by atoms with E-state index in [1.807, 2.05) is 0 Å². The number of nitrogens with two attached hydrogens (primary N) is 1. The molecule has 2 rings (SSSR count). The Bertz CT molecular complexity index is 440. The van der Waals surface area contributed by atoms with Crippen molar-refractivity contribution in [1.29, 1.82) is 0 Å². The number of hydrogen-bond donors (Lipinski definition) is 1. The van der Waals surface area contributed by atoms with E-state index in [1.54, 1.807) is 0 Å². The fourth-order valence-electron chi connectivity index (χ4n) is 2.52. The summed E-state index contributed by atoms with van der Waals surface area (Å²) in [5.41, 5.74) is 7.90. The molecule has 1 aromatic carbocycles. The van der Waals surface area contributed by atoms with E-state index < -0.39 is 0 Å². The maximum atomic E-state index is 6.10. The van der Waals surface area contributed by atoms with Gasteiger partial charge in [0.05, 0.1) is 12.2 Å². The first-order valence-electron chi connectivity index (χ1n) is 7.18. The predicted octanol–water partition coefficient (Wildman–Crippen LogP) is 3.17. The van der Waals surface area contributed by atoms with Crippen molar-refractivity contribution in [2.45, 2.75) is 46.3 Å². The first-order chi connectivity index (χ1) is 8.91. The Morgan fingerprint density at radius 2 is 2.11 bits per heavy atom. The number of ether oxygens (including phenoxy) is 1. The van der Waals surface area contributed by atoms with Gasteiger partial charge >= 0.3 is 0 Å². The van der Waals surface area contributed by atoms with Crippen molar-refractivity contribution in [1.82, 2.24) is 0 Å². The second-order valence-electron chi connectivity index (χ2n) is 6.47. The average molecular weight is 262 g/mol. The lowest BCUT2D eigenvalue weighted by atomic mass is 10.0. The van der Waals surface area contributed by atoms with Gasteiger partial charge in [-0.2, -0.15) is 0 Å². The van der Waals surface area contributed by atoms with E-state index in [1.165, 1.54) is 12.1 Å².